The van der Waals surface area contributed by atoms with Crippen LogP contribution in [-0.2, 0) is 22.6 Å². The van der Waals surface area contributed by atoms with Crippen molar-refractivity contribution in [2.24, 2.45) is 5.92 Å². The van der Waals surface area contributed by atoms with Crippen molar-refractivity contribution in [1.82, 2.24) is 10.2 Å². The van der Waals surface area contributed by atoms with Crippen LogP contribution in [0.2, 0.25) is 0 Å². The number of nitrogens with zero attached hydrogens (tertiary/aromatic N) is 1. The molecule has 1 N–H and O–H groups in total. The lowest BCUT2D eigenvalue weighted by atomic mass is 9.98. The molecule has 0 aliphatic carbocycles. The van der Waals surface area contributed by atoms with Gasteiger partial charge in [0, 0.05) is 9.75 Å². The summed E-state index contributed by atoms with van der Waals surface area (Å²) in [4.78, 5) is 28.9. The van der Waals surface area contributed by atoms with E-state index in [0.29, 0.717) is 18.9 Å². The molecule has 1 aliphatic rings. The molecule has 2 unspecified atom stereocenters. The van der Waals surface area contributed by atoms with E-state index in [-0.39, 0.29) is 17.9 Å². The SMILES string of the molecule is CCc1ccc(CN2C(=O)C(C)NC(=O)C2CC(C)C)s1. The first kappa shape index (κ1) is 16.0. The summed E-state index contributed by atoms with van der Waals surface area (Å²) >= 11 is 1.73. The van der Waals surface area contributed by atoms with Crippen LogP contribution < -0.4 is 5.32 Å². The monoisotopic (exact) mass is 308 g/mol. The molecular formula is C16H24N2O2S. The molecule has 0 aromatic carbocycles. The Morgan fingerprint density at radius 3 is 2.52 bits per heavy atom. The van der Waals surface area contributed by atoms with E-state index in [2.05, 4.69) is 38.2 Å². The minimum Gasteiger partial charge on any atom is -0.343 e. The molecule has 0 bridgehead atoms. The quantitative estimate of drug-likeness (QED) is 0.909. The number of nitrogens with one attached hydrogen (secondary N) is 1. The summed E-state index contributed by atoms with van der Waals surface area (Å²) in [5.74, 6) is 0.369. The van der Waals surface area contributed by atoms with E-state index >= 15 is 0 Å². The molecule has 1 fully saturated rings. The minimum atomic E-state index is -0.425. The molecule has 2 atom stereocenters. The van der Waals surface area contributed by atoms with Crippen molar-refractivity contribution < 1.29 is 9.59 Å². The standard InChI is InChI=1S/C16H24N2O2S/c1-5-12-6-7-13(21-12)9-18-14(8-10(2)3)15(19)17-11(4)16(18)20/h6-7,10-11,14H,5,8-9H2,1-4H3,(H,17,19). The molecule has 1 saturated heterocycles. The Balaban J connectivity index is 2.20. The Bertz CT molecular complexity index is 524. The molecule has 1 aromatic heterocycles. The van der Waals surface area contributed by atoms with Gasteiger partial charge in [0.25, 0.3) is 0 Å². The highest BCUT2D eigenvalue weighted by atomic mass is 32.1. The third-order valence-corrected chi connectivity index (χ3v) is 4.99. The Labute approximate surface area is 130 Å². The summed E-state index contributed by atoms with van der Waals surface area (Å²) in [6.07, 6.45) is 1.71. The van der Waals surface area contributed by atoms with Crippen LogP contribution in [0.15, 0.2) is 12.1 Å². The Morgan fingerprint density at radius 2 is 1.95 bits per heavy atom. The van der Waals surface area contributed by atoms with Gasteiger partial charge in [0.15, 0.2) is 0 Å². The van der Waals surface area contributed by atoms with Crippen molar-refractivity contribution in [3.63, 3.8) is 0 Å². The van der Waals surface area contributed by atoms with Crippen LogP contribution in [0, 0.1) is 5.92 Å². The van der Waals surface area contributed by atoms with Gasteiger partial charge in [-0.3, -0.25) is 9.59 Å². The van der Waals surface area contributed by atoms with Gasteiger partial charge >= 0.3 is 0 Å². The fraction of sp³-hybridized carbons (Fsp3) is 0.625. The summed E-state index contributed by atoms with van der Waals surface area (Å²) in [6, 6.07) is 3.41. The highest BCUT2D eigenvalue weighted by Gasteiger charge is 2.38. The van der Waals surface area contributed by atoms with Gasteiger partial charge in [-0.2, -0.15) is 0 Å². The molecule has 2 amide bonds. The molecular weight excluding hydrogens is 284 g/mol. The van der Waals surface area contributed by atoms with Crippen LogP contribution in [0.5, 0.6) is 0 Å². The average molecular weight is 308 g/mol. The summed E-state index contributed by atoms with van der Waals surface area (Å²) < 4.78 is 0. The molecule has 0 radical (unpaired) electrons. The van der Waals surface area contributed by atoms with Gasteiger partial charge < -0.3 is 10.2 Å². The lowest BCUT2D eigenvalue weighted by Gasteiger charge is -2.38. The summed E-state index contributed by atoms with van der Waals surface area (Å²) in [5.41, 5.74) is 0. The molecule has 21 heavy (non-hydrogen) atoms. The smallest absolute Gasteiger partial charge is 0.245 e. The van der Waals surface area contributed by atoms with Crippen molar-refractivity contribution in [2.45, 2.75) is 59.2 Å². The van der Waals surface area contributed by atoms with Gasteiger partial charge in [-0.05, 0) is 37.8 Å². The summed E-state index contributed by atoms with van der Waals surface area (Å²) in [7, 11) is 0. The van der Waals surface area contributed by atoms with Crippen molar-refractivity contribution in [3.05, 3.63) is 21.9 Å². The summed E-state index contributed by atoms with van der Waals surface area (Å²) in [5, 5.41) is 2.79. The molecule has 2 heterocycles. The number of piperazine rings is 1. The fourth-order valence-corrected chi connectivity index (χ4v) is 3.61. The zero-order chi connectivity index (χ0) is 15.6. The molecule has 5 heteroatoms. The maximum atomic E-state index is 12.5. The van der Waals surface area contributed by atoms with E-state index in [1.807, 2.05) is 0 Å². The van der Waals surface area contributed by atoms with E-state index in [0.717, 1.165) is 11.3 Å². The van der Waals surface area contributed by atoms with Crippen LogP contribution in [-0.4, -0.2) is 28.8 Å². The highest BCUT2D eigenvalue weighted by molar-refractivity contribution is 7.11. The second-order valence-corrected chi connectivity index (χ2v) is 7.32. The lowest BCUT2D eigenvalue weighted by molar-refractivity contribution is -0.150. The zero-order valence-electron chi connectivity index (χ0n) is 13.2. The Kier molecular flexibility index (Phi) is 5.04. The first-order valence-electron chi connectivity index (χ1n) is 7.60. The first-order chi connectivity index (χ1) is 9.92. The summed E-state index contributed by atoms with van der Waals surface area (Å²) in [6.45, 7) is 8.57. The average Bonchev–Trinajstić information content (AvgIpc) is 2.87. The predicted molar refractivity (Wildman–Crippen MR) is 85.1 cm³/mol. The Morgan fingerprint density at radius 1 is 1.29 bits per heavy atom. The highest BCUT2D eigenvalue weighted by Crippen LogP contribution is 2.24. The Hall–Kier alpha value is -1.36. The van der Waals surface area contributed by atoms with Crippen molar-refractivity contribution in [2.75, 3.05) is 0 Å². The number of carbonyl (C=O) groups excluding carboxylic acids is 2. The number of carbonyl (C=O) groups is 2. The van der Waals surface area contributed by atoms with Crippen molar-refractivity contribution >= 4 is 23.2 Å². The van der Waals surface area contributed by atoms with Gasteiger partial charge in [-0.1, -0.05) is 20.8 Å². The topological polar surface area (TPSA) is 49.4 Å². The number of thiophene rings is 1. The maximum absolute atomic E-state index is 12.5. The molecule has 4 nitrogen and oxygen atoms in total. The number of aryl methyl sites for hydroxylation is 1. The second kappa shape index (κ2) is 6.60. The van der Waals surface area contributed by atoms with Crippen LogP contribution in [0.3, 0.4) is 0 Å². The molecule has 2 rings (SSSR count). The van der Waals surface area contributed by atoms with E-state index in [1.54, 1.807) is 23.2 Å². The third kappa shape index (κ3) is 3.64. The van der Waals surface area contributed by atoms with Gasteiger partial charge in [0.1, 0.15) is 12.1 Å². The molecule has 116 valence electrons. The fourth-order valence-electron chi connectivity index (χ4n) is 2.65. The van der Waals surface area contributed by atoms with Gasteiger partial charge in [0.05, 0.1) is 6.54 Å². The molecule has 1 aromatic rings. The molecule has 1 aliphatic heterocycles. The number of amides is 2. The lowest BCUT2D eigenvalue weighted by Crippen LogP contribution is -2.62. The van der Waals surface area contributed by atoms with Gasteiger partial charge in [-0.25, -0.2) is 0 Å². The zero-order valence-corrected chi connectivity index (χ0v) is 14.0. The predicted octanol–water partition coefficient (Wildman–Crippen LogP) is 2.57. The van der Waals surface area contributed by atoms with Gasteiger partial charge in [0.2, 0.25) is 11.8 Å². The number of hydrogen-bond acceptors (Lipinski definition) is 3. The van der Waals surface area contributed by atoms with Crippen molar-refractivity contribution in [3.8, 4) is 0 Å². The van der Waals surface area contributed by atoms with E-state index < -0.39 is 6.04 Å². The van der Waals surface area contributed by atoms with Crippen LogP contribution in [0.1, 0.15) is 43.9 Å². The first-order valence-corrected chi connectivity index (χ1v) is 8.42. The minimum absolute atomic E-state index is 0.0201. The van der Waals surface area contributed by atoms with E-state index in [9.17, 15) is 9.59 Å². The van der Waals surface area contributed by atoms with Crippen LogP contribution >= 0.6 is 11.3 Å². The number of rotatable bonds is 5. The van der Waals surface area contributed by atoms with Crippen LogP contribution in [0.4, 0.5) is 0 Å². The van der Waals surface area contributed by atoms with E-state index in [1.165, 1.54) is 4.88 Å². The molecule has 0 spiro atoms. The van der Waals surface area contributed by atoms with Gasteiger partial charge in [-0.15, -0.1) is 11.3 Å². The normalized spacial score (nSPS) is 22.8. The number of hydrogen-bond donors (Lipinski definition) is 1. The van der Waals surface area contributed by atoms with E-state index in [4.69, 9.17) is 0 Å². The van der Waals surface area contributed by atoms with Crippen LogP contribution in [0.25, 0.3) is 0 Å². The molecule has 0 saturated carbocycles. The maximum Gasteiger partial charge on any atom is 0.245 e. The van der Waals surface area contributed by atoms with Crippen molar-refractivity contribution in [1.29, 1.82) is 0 Å². The third-order valence-electron chi connectivity index (χ3n) is 3.78. The largest absolute Gasteiger partial charge is 0.343 e. The second-order valence-electron chi connectivity index (χ2n) is 6.06.